The normalized spacial score (nSPS) is 28.3. The summed E-state index contributed by atoms with van der Waals surface area (Å²) in [7, 11) is 0. The van der Waals surface area contributed by atoms with E-state index in [0.29, 0.717) is 19.5 Å². The molecule has 164 valence electrons. The molecule has 29 heavy (non-hydrogen) atoms. The average molecular weight is 409 g/mol. The van der Waals surface area contributed by atoms with Gasteiger partial charge < -0.3 is 20.1 Å². The van der Waals surface area contributed by atoms with Crippen LogP contribution in [-0.2, 0) is 19.1 Å². The molecule has 2 amide bonds. The lowest BCUT2D eigenvalue weighted by Gasteiger charge is -2.33. The van der Waals surface area contributed by atoms with E-state index in [1.54, 1.807) is 11.8 Å². The number of esters is 1. The number of hydrogen-bond acceptors (Lipinski definition) is 5. The molecule has 2 rings (SSSR count). The summed E-state index contributed by atoms with van der Waals surface area (Å²) in [6.45, 7) is 6.94. The highest BCUT2D eigenvalue weighted by atomic mass is 16.5. The van der Waals surface area contributed by atoms with E-state index in [1.807, 2.05) is 12.2 Å². The van der Waals surface area contributed by atoms with Crippen molar-refractivity contribution < 1.29 is 24.2 Å². The first-order valence-electron chi connectivity index (χ1n) is 11.1. The zero-order valence-electron chi connectivity index (χ0n) is 17.9. The molecule has 0 bridgehead atoms. The molecule has 2 aliphatic rings. The number of likely N-dealkylation sites (tertiary alicyclic amines) is 1. The molecule has 2 N–H and O–H groups in total. The second-order valence-electron chi connectivity index (χ2n) is 7.92. The molecule has 1 heterocycles. The summed E-state index contributed by atoms with van der Waals surface area (Å²) in [5.41, 5.74) is 0. The average Bonchev–Trinajstić information content (AvgIpc) is 2.98. The van der Waals surface area contributed by atoms with Crippen molar-refractivity contribution in [3.05, 3.63) is 12.2 Å². The van der Waals surface area contributed by atoms with E-state index in [-0.39, 0.29) is 42.8 Å². The molecule has 5 atom stereocenters. The van der Waals surface area contributed by atoms with Crippen LogP contribution in [0.4, 0.5) is 0 Å². The van der Waals surface area contributed by atoms with Crippen LogP contribution in [-0.4, -0.2) is 60.1 Å². The Morgan fingerprint density at radius 3 is 2.55 bits per heavy atom. The molecule has 0 spiro atoms. The Morgan fingerprint density at radius 2 is 1.93 bits per heavy atom. The van der Waals surface area contributed by atoms with Gasteiger partial charge in [0.15, 0.2) is 0 Å². The second kappa shape index (κ2) is 11.3. The number of amides is 2. The maximum Gasteiger partial charge on any atom is 0.310 e. The summed E-state index contributed by atoms with van der Waals surface area (Å²) in [5.74, 6) is -2.29. The number of carbonyl (C=O) groups excluding carboxylic acids is 3. The van der Waals surface area contributed by atoms with Crippen LogP contribution in [0.15, 0.2) is 12.2 Å². The first-order valence-corrected chi connectivity index (χ1v) is 11.1. The first kappa shape index (κ1) is 23.4. The molecule has 0 aromatic carbocycles. The van der Waals surface area contributed by atoms with E-state index in [4.69, 9.17) is 4.74 Å². The Morgan fingerprint density at radius 1 is 1.17 bits per heavy atom. The van der Waals surface area contributed by atoms with Gasteiger partial charge in [-0.1, -0.05) is 38.8 Å². The monoisotopic (exact) mass is 408 g/mol. The molecular formula is C22H36N2O5. The molecule has 1 aliphatic heterocycles. The van der Waals surface area contributed by atoms with Crippen molar-refractivity contribution in [2.24, 2.45) is 23.7 Å². The van der Waals surface area contributed by atoms with Gasteiger partial charge >= 0.3 is 5.97 Å². The number of fused-ring (bicyclic) bond motifs is 1. The number of hydrogen-bond donors (Lipinski definition) is 2. The standard InChI is InChI=1S/C22H36N2O5/c1-4-7-12-23-20(26)19-16-11-10-15(9-5-2)17(22(28)29-6-3)18(16)21(27)24(19)13-8-14-25/h10-11,15-19,25H,4-9,12-14H2,1-3H3,(H,23,26)/t15-,16+,17-,18+,19+/m1/s1. The summed E-state index contributed by atoms with van der Waals surface area (Å²) >= 11 is 0. The minimum atomic E-state index is -0.647. The lowest BCUT2D eigenvalue weighted by Crippen LogP contribution is -2.48. The van der Waals surface area contributed by atoms with Crippen LogP contribution in [0, 0.1) is 23.7 Å². The van der Waals surface area contributed by atoms with Gasteiger partial charge in [-0.15, -0.1) is 0 Å². The second-order valence-corrected chi connectivity index (χ2v) is 7.92. The molecule has 0 aromatic heterocycles. The fraction of sp³-hybridized carbons (Fsp3) is 0.773. The summed E-state index contributed by atoms with van der Waals surface area (Å²) < 4.78 is 5.32. The molecule has 0 saturated carbocycles. The highest BCUT2D eigenvalue weighted by Crippen LogP contribution is 2.45. The SMILES string of the molecule is CCCCNC(=O)[C@@H]1[C@H]2C=C[C@@H](CCC)[C@@H](C(=O)OCC)[C@H]2C(=O)N1CCCO. The van der Waals surface area contributed by atoms with Crippen molar-refractivity contribution in [3.63, 3.8) is 0 Å². The zero-order chi connectivity index (χ0) is 21.4. The number of aliphatic hydroxyl groups excluding tert-OH is 1. The van der Waals surface area contributed by atoms with Crippen LogP contribution >= 0.6 is 0 Å². The van der Waals surface area contributed by atoms with E-state index >= 15 is 0 Å². The van der Waals surface area contributed by atoms with E-state index < -0.39 is 17.9 Å². The molecule has 0 unspecified atom stereocenters. The van der Waals surface area contributed by atoms with Gasteiger partial charge in [-0.2, -0.15) is 0 Å². The number of carbonyl (C=O) groups is 3. The van der Waals surface area contributed by atoms with Gasteiger partial charge in [-0.25, -0.2) is 0 Å². The highest BCUT2D eigenvalue weighted by molar-refractivity contribution is 5.96. The maximum atomic E-state index is 13.4. The van der Waals surface area contributed by atoms with Crippen molar-refractivity contribution in [3.8, 4) is 0 Å². The molecule has 7 heteroatoms. The lowest BCUT2D eigenvalue weighted by molar-refractivity contribution is -0.155. The van der Waals surface area contributed by atoms with Gasteiger partial charge in [0.05, 0.1) is 18.4 Å². The third-order valence-electron chi connectivity index (χ3n) is 5.95. The smallest absolute Gasteiger partial charge is 0.310 e. The molecule has 7 nitrogen and oxygen atoms in total. The Kier molecular flexibility index (Phi) is 9.14. The number of aliphatic hydroxyl groups is 1. The number of rotatable bonds is 11. The molecule has 1 fully saturated rings. The number of nitrogens with one attached hydrogen (secondary N) is 1. The van der Waals surface area contributed by atoms with Crippen LogP contribution < -0.4 is 5.32 Å². The summed E-state index contributed by atoms with van der Waals surface area (Å²) in [4.78, 5) is 40.7. The minimum Gasteiger partial charge on any atom is -0.466 e. The Bertz CT molecular complexity index is 606. The van der Waals surface area contributed by atoms with Gasteiger partial charge in [0, 0.05) is 25.6 Å². The number of ether oxygens (including phenoxy) is 1. The van der Waals surface area contributed by atoms with E-state index in [0.717, 1.165) is 25.7 Å². The van der Waals surface area contributed by atoms with Crippen LogP contribution in [0.5, 0.6) is 0 Å². The fourth-order valence-electron chi connectivity index (χ4n) is 4.64. The third-order valence-corrected chi connectivity index (χ3v) is 5.95. The van der Waals surface area contributed by atoms with Crippen LogP contribution in [0.3, 0.4) is 0 Å². The van der Waals surface area contributed by atoms with Gasteiger partial charge in [-0.3, -0.25) is 14.4 Å². The van der Waals surface area contributed by atoms with Crippen molar-refractivity contribution in [2.45, 2.75) is 58.9 Å². The summed E-state index contributed by atoms with van der Waals surface area (Å²) in [5, 5.41) is 12.2. The number of nitrogens with zero attached hydrogens (tertiary/aromatic N) is 1. The number of allylic oxidation sites excluding steroid dienone is 1. The Labute approximate surface area is 173 Å². The molecular weight excluding hydrogens is 372 g/mol. The molecule has 0 radical (unpaired) electrons. The van der Waals surface area contributed by atoms with Crippen molar-refractivity contribution in [2.75, 3.05) is 26.3 Å². The van der Waals surface area contributed by atoms with Gasteiger partial charge in [-0.05, 0) is 32.1 Å². The van der Waals surface area contributed by atoms with Crippen molar-refractivity contribution in [1.29, 1.82) is 0 Å². The molecule has 1 saturated heterocycles. The minimum absolute atomic E-state index is 0.0567. The van der Waals surface area contributed by atoms with E-state index in [9.17, 15) is 19.5 Å². The summed E-state index contributed by atoms with van der Waals surface area (Å²) in [6, 6.07) is -0.647. The Balaban J connectivity index is 2.36. The topological polar surface area (TPSA) is 95.9 Å². The lowest BCUT2D eigenvalue weighted by atomic mass is 9.69. The van der Waals surface area contributed by atoms with E-state index in [2.05, 4.69) is 19.2 Å². The zero-order valence-corrected chi connectivity index (χ0v) is 17.9. The van der Waals surface area contributed by atoms with Gasteiger partial charge in [0.25, 0.3) is 0 Å². The predicted octanol–water partition coefficient (Wildman–Crippen LogP) is 1.89. The van der Waals surface area contributed by atoms with Crippen LogP contribution in [0.25, 0.3) is 0 Å². The van der Waals surface area contributed by atoms with Crippen molar-refractivity contribution >= 4 is 17.8 Å². The van der Waals surface area contributed by atoms with E-state index in [1.165, 1.54) is 0 Å². The molecule has 1 aliphatic carbocycles. The highest BCUT2D eigenvalue weighted by Gasteiger charge is 2.57. The summed E-state index contributed by atoms with van der Waals surface area (Å²) in [6.07, 6.45) is 7.88. The predicted molar refractivity (Wildman–Crippen MR) is 110 cm³/mol. The quantitative estimate of drug-likeness (QED) is 0.309. The molecule has 0 aromatic rings. The van der Waals surface area contributed by atoms with Gasteiger partial charge in [0.2, 0.25) is 11.8 Å². The Hall–Kier alpha value is -1.89. The maximum absolute atomic E-state index is 13.4. The third kappa shape index (κ3) is 5.18. The van der Waals surface area contributed by atoms with Crippen molar-refractivity contribution in [1.82, 2.24) is 10.2 Å². The van der Waals surface area contributed by atoms with Crippen LogP contribution in [0.1, 0.15) is 52.9 Å². The van der Waals surface area contributed by atoms with Gasteiger partial charge in [0.1, 0.15) is 6.04 Å². The largest absolute Gasteiger partial charge is 0.466 e. The van der Waals surface area contributed by atoms with Crippen LogP contribution in [0.2, 0.25) is 0 Å². The first-order chi connectivity index (χ1) is 14.0. The fourth-order valence-corrected chi connectivity index (χ4v) is 4.64. The number of unbranched alkanes of at least 4 members (excludes halogenated alkanes) is 1.